The Bertz CT molecular complexity index is 897. The van der Waals surface area contributed by atoms with Crippen LogP contribution in [-0.2, 0) is 23.0 Å². The summed E-state index contributed by atoms with van der Waals surface area (Å²) in [6, 6.07) is 5.42. The summed E-state index contributed by atoms with van der Waals surface area (Å²) in [6.45, 7) is 3.97. The lowest BCUT2D eigenvalue weighted by Crippen LogP contribution is -2.07. The first kappa shape index (κ1) is 17.2. The molecule has 0 aliphatic carbocycles. The Morgan fingerprint density at radius 3 is 2.72 bits per heavy atom. The minimum atomic E-state index is -0.409. The molecule has 2 heterocycles. The minimum Gasteiger partial charge on any atom is -0.466 e. The molecule has 0 atom stereocenters. The third-order valence-electron chi connectivity index (χ3n) is 3.62. The van der Waals surface area contributed by atoms with Crippen molar-refractivity contribution in [2.75, 3.05) is 6.61 Å². The van der Waals surface area contributed by atoms with Crippen LogP contribution in [0.3, 0.4) is 0 Å². The molecule has 0 bridgehead atoms. The maximum absolute atomic E-state index is 11.5. The maximum atomic E-state index is 11.5. The monoisotopic (exact) mass is 360 g/mol. The van der Waals surface area contributed by atoms with Gasteiger partial charge in [0.2, 0.25) is 11.8 Å². The molecule has 2 aromatic heterocycles. The molecule has 7 nitrogen and oxygen atoms in total. The van der Waals surface area contributed by atoms with E-state index in [2.05, 4.69) is 15.2 Å². The van der Waals surface area contributed by atoms with Gasteiger partial charge in [-0.1, -0.05) is 11.6 Å². The zero-order valence-corrected chi connectivity index (χ0v) is 14.9. The van der Waals surface area contributed by atoms with Gasteiger partial charge in [-0.2, -0.15) is 0 Å². The smallest absolute Gasteiger partial charge is 0.315 e. The molecule has 0 aliphatic rings. The van der Waals surface area contributed by atoms with E-state index in [0.717, 1.165) is 17.1 Å². The summed E-state index contributed by atoms with van der Waals surface area (Å²) >= 11 is 6.23. The van der Waals surface area contributed by atoms with Crippen molar-refractivity contribution in [3.63, 3.8) is 0 Å². The molecule has 1 aromatic carbocycles. The van der Waals surface area contributed by atoms with Crippen LogP contribution in [0.1, 0.15) is 18.6 Å². The van der Waals surface area contributed by atoms with Gasteiger partial charge in [0, 0.05) is 29.4 Å². The molecule has 130 valence electrons. The highest BCUT2D eigenvalue weighted by Gasteiger charge is 2.15. The van der Waals surface area contributed by atoms with Crippen LogP contribution in [0.15, 0.2) is 28.8 Å². The summed E-state index contributed by atoms with van der Waals surface area (Å²) in [5, 5.41) is 8.40. The highest BCUT2D eigenvalue weighted by molar-refractivity contribution is 6.31. The Morgan fingerprint density at radius 1 is 1.28 bits per heavy atom. The molecule has 0 radical (unpaired) electrons. The van der Waals surface area contributed by atoms with Crippen molar-refractivity contribution in [3.8, 4) is 22.7 Å². The normalized spacial score (nSPS) is 10.9. The van der Waals surface area contributed by atoms with Gasteiger partial charge in [0.05, 0.1) is 12.3 Å². The molecule has 0 saturated carbocycles. The summed E-state index contributed by atoms with van der Waals surface area (Å²) < 4.78 is 12.4. The number of benzene rings is 1. The fourth-order valence-electron chi connectivity index (χ4n) is 2.34. The molecular weight excluding hydrogens is 344 g/mol. The van der Waals surface area contributed by atoms with Gasteiger partial charge in [-0.3, -0.25) is 4.79 Å². The van der Waals surface area contributed by atoms with E-state index >= 15 is 0 Å². The number of halogens is 1. The fourth-order valence-corrected chi connectivity index (χ4v) is 2.57. The Balaban J connectivity index is 1.90. The highest BCUT2D eigenvalue weighted by atomic mass is 35.5. The van der Waals surface area contributed by atoms with Gasteiger partial charge in [-0.15, -0.1) is 10.2 Å². The van der Waals surface area contributed by atoms with E-state index in [-0.39, 0.29) is 18.2 Å². The number of aromatic nitrogens is 4. The molecule has 3 aromatic rings. The first-order valence-corrected chi connectivity index (χ1v) is 8.13. The van der Waals surface area contributed by atoms with Gasteiger partial charge in [0.15, 0.2) is 0 Å². The summed E-state index contributed by atoms with van der Waals surface area (Å²) in [7, 11) is 1.93. The van der Waals surface area contributed by atoms with E-state index in [1.54, 1.807) is 13.0 Å². The van der Waals surface area contributed by atoms with Crippen molar-refractivity contribution in [1.82, 2.24) is 19.7 Å². The second-order valence-electron chi connectivity index (χ2n) is 5.50. The average molecular weight is 361 g/mol. The predicted octanol–water partition coefficient (Wildman–Crippen LogP) is 3.20. The van der Waals surface area contributed by atoms with Crippen LogP contribution < -0.4 is 0 Å². The number of esters is 1. The standard InChI is InChI=1S/C17H17ClN4O3/c1-4-24-16(23)8-15-20-21-17(25-15)12-5-11(6-13(18)7-12)14-9-22(3)10(2)19-14/h5-7,9H,4,8H2,1-3H3. The Morgan fingerprint density at radius 2 is 2.04 bits per heavy atom. The van der Waals surface area contributed by atoms with Crippen LogP contribution in [0.2, 0.25) is 5.02 Å². The van der Waals surface area contributed by atoms with Gasteiger partial charge in [-0.25, -0.2) is 4.98 Å². The molecule has 3 rings (SSSR count). The quantitative estimate of drug-likeness (QED) is 0.650. The molecule has 0 fully saturated rings. The van der Waals surface area contributed by atoms with Crippen LogP contribution in [0, 0.1) is 6.92 Å². The number of carbonyl (C=O) groups is 1. The van der Waals surface area contributed by atoms with Gasteiger partial charge in [-0.05, 0) is 32.0 Å². The zero-order valence-electron chi connectivity index (χ0n) is 14.1. The van der Waals surface area contributed by atoms with Gasteiger partial charge >= 0.3 is 5.97 Å². The van der Waals surface area contributed by atoms with Crippen LogP contribution in [0.25, 0.3) is 22.7 Å². The molecule has 0 saturated heterocycles. The fraction of sp³-hybridized carbons (Fsp3) is 0.294. The molecular formula is C17H17ClN4O3. The van der Waals surface area contributed by atoms with Crippen LogP contribution in [-0.4, -0.2) is 32.3 Å². The molecule has 0 aliphatic heterocycles. The Hall–Kier alpha value is -2.67. The molecule has 0 spiro atoms. The summed E-state index contributed by atoms with van der Waals surface area (Å²) in [5.41, 5.74) is 2.31. The molecule has 0 unspecified atom stereocenters. The Labute approximate surface area is 149 Å². The third kappa shape index (κ3) is 3.88. The number of aryl methyl sites for hydroxylation is 2. The van der Waals surface area contributed by atoms with Crippen molar-refractivity contribution >= 4 is 17.6 Å². The maximum Gasteiger partial charge on any atom is 0.315 e. The van der Waals surface area contributed by atoms with E-state index in [0.29, 0.717) is 17.2 Å². The highest BCUT2D eigenvalue weighted by Crippen LogP contribution is 2.29. The molecule has 0 amide bonds. The Kier molecular flexibility index (Phi) is 4.85. The minimum absolute atomic E-state index is 0.0618. The summed E-state index contributed by atoms with van der Waals surface area (Å²) in [4.78, 5) is 16.0. The van der Waals surface area contributed by atoms with Crippen molar-refractivity contribution in [1.29, 1.82) is 0 Å². The lowest BCUT2D eigenvalue weighted by Gasteiger charge is -2.02. The number of carbonyl (C=O) groups excluding carboxylic acids is 1. The van der Waals surface area contributed by atoms with E-state index < -0.39 is 5.97 Å². The summed E-state index contributed by atoms with van der Waals surface area (Å²) in [5.74, 6) is 0.971. The molecule has 25 heavy (non-hydrogen) atoms. The van der Waals surface area contributed by atoms with E-state index in [4.69, 9.17) is 20.8 Å². The average Bonchev–Trinajstić information content (AvgIpc) is 3.14. The van der Waals surface area contributed by atoms with Gasteiger partial charge in [0.25, 0.3) is 0 Å². The van der Waals surface area contributed by atoms with Crippen molar-refractivity contribution in [2.24, 2.45) is 7.05 Å². The zero-order chi connectivity index (χ0) is 18.0. The summed E-state index contributed by atoms with van der Waals surface area (Å²) in [6.07, 6.45) is 1.86. The van der Waals surface area contributed by atoms with Crippen LogP contribution in [0.4, 0.5) is 0 Å². The van der Waals surface area contributed by atoms with Gasteiger partial charge < -0.3 is 13.7 Å². The number of hydrogen-bond donors (Lipinski definition) is 0. The number of ether oxygens (including phenoxy) is 1. The van der Waals surface area contributed by atoms with Crippen molar-refractivity contribution in [3.05, 3.63) is 41.1 Å². The second-order valence-corrected chi connectivity index (χ2v) is 5.93. The number of rotatable bonds is 5. The number of hydrogen-bond acceptors (Lipinski definition) is 6. The molecule has 8 heteroatoms. The van der Waals surface area contributed by atoms with Crippen LogP contribution >= 0.6 is 11.6 Å². The first-order chi connectivity index (χ1) is 12.0. The van der Waals surface area contributed by atoms with Crippen LogP contribution in [0.5, 0.6) is 0 Å². The second kappa shape index (κ2) is 7.06. The van der Waals surface area contributed by atoms with E-state index in [9.17, 15) is 4.79 Å². The number of imidazole rings is 1. The first-order valence-electron chi connectivity index (χ1n) is 7.75. The third-order valence-corrected chi connectivity index (χ3v) is 3.84. The van der Waals surface area contributed by atoms with E-state index in [1.807, 2.05) is 36.9 Å². The molecule has 0 N–H and O–H groups in total. The predicted molar refractivity (Wildman–Crippen MR) is 92.0 cm³/mol. The lowest BCUT2D eigenvalue weighted by atomic mass is 10.1. The van der Waals surface area contributed by atoms with Crippen molar-refractivity contribution in [2.45, 2.75) is 20.3 Å². The number of nitrogens with zero attached hydrogens (tertiary/aromatic N) is 4. The lowest BCUT2D eigenvalue weighted by molar-refractivity contribution is -0.142. The largest absolute Gasteiger partial charge is 0.466 e. The van der Waals surface area contributed by atoms with Gasteiger partial charge in [0.1, 0.15) is 12.2 Å². The topological polar surface area (TPSA) is 83.0 Å². The van der Waals surface area contributed by atoms with Crippen molar-refractivity contribution < 1.29 is 13.9 Å². The SMILES string of the molecule is CCOC(=O)Cc1nnc(-c2cc(Cl)cc(-c3cn(C)c(C)n3)c2)o1. The van der Waals surface area contributed by atoms with E-state index in [1.165, 1.54) is 0 Å².